The van der Waals surface area contributed by atoms with Crippen molar-refractivity contribution in [3.05, 3.63) is 59.1 Å². The van der Waals surface area contributed by atoms with Crippen molar-refractivity contribution in [2.45, 2.75) is 32.9 Å². The Hall–Kier alpha value is -2.93. The summed E-state index contributed by atoms with van der Waals surface area (Å²) >= 11 is 1.58. The monoisotopic (exact) mass is 397 g/mol. The molecule has 1 N–H and O–H groups in total. The SMILES string of the molecule is CN(Cc1nc2ccccc2s1)C(=O)c1cccc(NC(=O)OC(C)(C)C)c1. The van der Waals surface area contributed by atoms with Crippen molar-refractivity contribution in [3.8, 4) is 0 Å². The molecule has 0 fully saturated rings. The summed E-state index contributed by atoms with van der Waals surface area (Å²) < 4.78 is 6.34. The molecule has 0 aliphatic heterocycles. The molecule has 7 heteroatoms. The first-order valence-electron chi connectivity index (χ1n) is 8.91. The number of hydrogen-bond donors (Lipinski definition) is 1. The van der Waals surface area contributed by atoms with Crippen LogP contribution in [0.1, 0.15) is 36.1 Å². The number of fused-ring (bicyclic) bond motifs is 1. The van der Waals surface area contributed by atoms with E-state index in [1.165, 1.54) is 0 Å². The van der Waals surface area contributed by atoms with Gasteiger partial charge in [0, 0.05) is 18.3 Å². The van der Waals surface area contributed by atoms with E-state index < -0.39 is 11.7 Å². The maximum atomic E-state index is 12.8. The van der Waals surface area contributed by atoms with Crippen molar-refractivity contribution in [2.75, 3.05) is 12.4 Å². The van der Waals surface area contributed by atoms with E-state index in [9.17, 15) is 9.59 Å². The van der Waals surface area contributed by atoms with Crippen LogP contribution < -0.4 is 5.32 Å². The summed E-state index contributed by atoms with van der Waals surface area (Å²) in [6.07, 6.45) is -0.556. The molecule has 0 spiro atoms. The van der Waals surface area contributed by atoms with Crippen molar-refractivity contribution < 1.29 is 14.3 Å². The smallest absolute Gasteiger partial charge is 0.412 e. The highest BCUT2D eigenvalue weighted by Crippen LogP contribution is 2.23. The van der Waals surface area contributed by atoms with E-state index in [0.29, 0.717) is 17.8 Å². The third-order valence-electron chi connectivity index (χ3n) is 3.81. The molecule has 0 saturated heterocycles. The largest absolute Gasteiger partial charge is 0.444 e. The van der Waals surface area contributed by atoms with E-state index in [-0.39, 0.29) is 5.91 Å². The molecule has 1 heterocycles. The molecule has 28 heavy (non-hydrogen) atoms. The average Bonchev–Trinajstić information content (AvgIpc) is 3.01. The molecule has 2 aromatic carbocycles. The number of nitrogens with one attached hydrogen (secondary N) is 1. The normalized spacial score (nSPS) is 11.3. The molecule has 2 amide bonds. The molecule has 0 atom stereocenters. The topological polar surface area (TPSA) is 71.5 Å². The van der Waals surface area contributed by atoms with Crippen LogP contribution in [0.2, 0.25) is 0 Å². The number of nitrogens with zero attached hydrogens (tertiary/aromatic N) is 2. The predicted molar refractivity (Wildman–Crippen MR) is 112 cm³/mol. The Morgan fingerprint density at radius 1 is 1.14 bits per heavy atom. The van der Waals surface area contributed by atoms with Gasteiger partial charge in [-0.1, -0.05) is 18.2 Å². The maximum Gasteiger partial charge on any atom is 0.412 e. The number of amides is 2. The summed E-state index contributed by atoms with van der Waals surface area (Å²) in [4.78, 5) is 30.9. The molecule has 3 rings (SSSR count). The summed E-state index contributed by atoms with van der Waals surface area (Å²) in [5, 5.41) is 3.53. The first-order chi connectivity index (χ1) is 13.2. The quantitative estimate of drug-likeness (QED) is 0.679. The first-order valence-corrected chi connectivity index (χ1v) is 9.73. The Morgan fingerprint density at radius 2 is 1.89 bits per heavy atom. The van der Waals surface area contributed by atoms with Crippen molar-refractivity contribution in [2.24, 2.45) is 0 Å². The molecule has 0 radical (unpaired) electrons. The van der Waals surface area contributed by atoms with Gasteiger partial charge in [0.25, 0.3) is 5.91 Å². The Kier molecular flexibility index (Phi) is 5.65. The van der Waals surface area contributed by atoms with E-state index in [0.717, 1.165) is 15.2 Å². The van der Waals surface area contributed by atoms with Gasteiger partial charge in [-0.05, 0) is 51.1 Å². The third kappa shape index (κ3) is 5.07. The number of ether oxygens (including phenoxy) is 1. The van der Waals surface area contributed by atoms with Crippen LogP contribution in [0.15, 0.2) is 48.5 Å². The highest BCUT2D eigenvalue weighted by molar-refractivity contribution is 7.18. The van der Waals surface area contributed by atoms with Gasteiger partial charge in [0.1, 0.15) is 10.6 Å². The van der Waals surface area contributed by atoms with E-state index in [1.54, 1.807) is 68.3 Å². The highest BCUT2D eigenvalue weighted by Gasteiger charge is 2.18. The fourth-order valence-electron chi connectivity index (χ4n) is 2.63. The number of aromatic nitrogens is 1. The molecule has 146 valence electrons. The lowest BCUT2D eigenvalue weighted by molar-refractivity contribution is 0.0635. The molecule has 0 unspecified atom stereocenters. The lowest BCUT2D eigenvalue weighted by atomic mass is 10.1. The second kappa shape index (κ2) is 7.98. The number of thiazole rings is 1. The molecule has 0 bridgehead atoms. The van der Waals surface area contributed by atoms with Crippen LogP contribution in [-0.2, 0) is 11.3 Å². The van der Waals surface area contributed by atoms with E-state index in [4.69, 9.17) is 4.74 Å². The van der Waals surface area contributed by atoms with E-state index >= 15 is 0 Å². The highest BCUT2D eigenvalue weighted by atomic mass is 32.1. The summed E-state index contributed by atoms with van der Waals surface area (Å²) in [6.45, 7) is 5.80. The minimum absolute atomic E-state index is 0.146. The van der Waals surface area contributed by atoms with Crippen LogP contribution >= 0.6 is 11.3 Å². The number of carbonyl (C=O) groups excluding carboxylic acids is 2. The standard InChI is InChI=1S/C21H23N3O3S/c1-21(2,3)27-20(26)22-15-9-7-8-14(12-15)19(25)24(4)13-18-23-16-10-5-6-11-17(16)28-18/h5-12H,13H2,1-4H3,(H,22,26). The molecule has 0 aliphatic carbocycles. The first kappa shape index (κ1) is 19.8. The van der Waals surface area contributed by atoms with Gasteiger partial charge in [-0.3, -0.25) is 10.1 Å². The van der Waals surface area contributed by atoms with E-state index in [1.807, 2.05) is 24.3 Å². The Bertz CT molecular complexity index is 974. The number of anilines is 1. The van der Waals surface area contributed by atoms with Gasteiger partial charge < -0.3 is 9.64 Å². The lowest BCUT2D eigenvalue weighted by Crippen LogP contribution is -2.28. The zero-order chi connectivity index (χ0) is 20.3. The fraction of sp³-hybridized carbons (Fsp3) is 0.286. The number of para-hydroxylation sites is 1. The van der Waals surface area contributed by atoms with Crippen LogP contribution in [0, 0.1) is 0 Å². The molecule has 0 aliphatic rings. The Labute approximate surface area is 168 Å². The Morgan fingerprint density at radius 3 is 2.61 bits per heavy atom. The van der Waals surface area contributed by atoms with Gasteiger partial charge in [0.2, 0.25) is 0 Å². The van der Waals surface area contributed by atoms with Crippen molar-refractivity contribution in [1.29, 1.82) is 0 Å². The third-order valence-corrected chi connectivity index (χ3v) is 4.83. The number of benzene rings is 2. The molecular weight excluding hydrogens is 374 g/mol. The molecule has 0 saturated carbocycles. The number of carbonyl (C=O) groups is 2. The van der Waals surface area contributed by atoms with Crippen molar-refractivity contribution >= 4 is 39.2 Å². The predicted octanol–water partition coefficient (Wildman–Crippen LogP) is 4.92. The van der Waals surface area contributed by atoms with Gasteiger partial charge in [-0.15, -0.1) is 11.3 Å². The summed E-state index contributed by atoms with van der Waals surface area (Å²) in [7, 11) is 1.74. The van der Waals surface area contributed by atoms with Crippen LogP contribution in [0.25, 0.3) is 10.2 Å². The van der Waals surface area contributed by atoms with E-state index in [2.05, 4.69) is 10.3 Å². The maximum absolute atomic E-state index is 12.8. The van der Waals surface area contributed by atoms with Gasteiger partial charge in [-0.2, -0.15) is 0 Å². The zero-order valence-corrected chi connectivity index (χ0v) is 17.2. The van der Waals surface area contributed by atoms with Gasteiger partial charge in [-0.25, -0.2) is 9.78 Å². The zero-order valence-electron chi connectivity index (χ0n) is 16.4. The lowest BCUT2D eigenvalue weighted by Gasteiger charge is -2.20. The molecule has 1 aromatic heterocycles. The van der Waals surface area contributed by atoms with Crippen molar-refractivity contribution in [1.82, 2.24) is 9.88 Å². The summed E-state index contributed by atoms with van der Waals surface area (Å²) in [5.41, 5.74) is 1.34. The average molecular weight is 398 g/mol. The Balaban J connectivity index is 1.68. The molecular formula is C21H23N3O3S. The van der Waals surface area contributed by atoms with Crippen LogP contribution in [-0.4, -0.2) is 34.5 Å². The molecule has 6 nitrogen and oxygen atoms in total. The molecule has 3 aromatic rings. The van der Waals surface area contributed by atoms with Crippen LogP contribution in [0.5, 0.6) is 0 Å². The van der Waals surface area contributed by atoms with Crippen LogP contribution in [0.4, 0.5) is 10.5 Å². The van der Waals surface area contributed by atoms with Gasteiger partial charge >= 0.3 is 6.09 Å². The number of hydrogen-bond acceptors (Lipinski definition) is 5. The van der Waals surface area contributed by atoms with Crippen molar-refractivity contribution in [3.63, 3.8) is 0 Å². The fourth-order valence-corrected chi connectivity index (χ4v) is 3.65. The summed E-state index contributed by atoms with van der Waals surface area (Å²) in [6, 6.07) is 14.7. The second-order valence-corrected chi connectivity index (χ2v) is 8.56. The van der Waals surface area contributed by atoms with Gasteiger partial charge in [0.15, 0.2) is 0 Å². The van der Waals surface area contributed by atoms with Crippen LogP contribution in [0.3, 0.4) is 0 Å². The minimum Gasteiger partial charge on any atom is -0.444 e. The second-order valence-electron chi connectivity index (χ2n) is 7.44. The number of rotatable bonds is 4. The minimum atomic E-state index is -0.588. The summed E-state index contributed by atoms with van der Waals surface area (Å²) in [5.74, 6) is -0.146. The van der Waals surface area contributed by atoms with Gasteiger partial charge in [0.05, 0.1) is 16.8 Å².